The first-order valence-electron chi connectivity index (χ1n) is 8.24. The van der Waals surface area contributed by atoms with Crippen LogP contribution in [-0.2, 0) is 0 Å². The van der Waals surface area contributed by atoms with E-state index in [-0.39, 0.29) is 0 Å². The lowest BCUT2D eigenvalue weighted by Crippen LogP contribution is -2.34. The second-order valence-electron chi connectivity index (χ2n) is 6.32. The van der Waals surface area contributed by atoms with Crippen molar-refractivity contribution in [3.8, 4) is 0 Å². The predicted molar refractivity (Wildman–Crippen MR) is 92.0 cm³/mol. The van der Waals surface area contributed by atoms with E-state index in [0.717, 1.165) is 25.7 Å². The molecular formula is C19H26N2. The topological polar surface area (TPSA) is 15.3 Å². The van der Waals surface area contributed by atoms with Gasteiger partial charge in [0, 0.05) is 30.2 Å². The van der Waals surface area contributed by atoms with Crippen molar-refractivity contribution in [3.63, 3.8) is 0 Å². The van der Waals surface area contributed by atoms with E-state index in [1.165, 1.54) is 29.3 Å². The lowest BCUT2D eigenvalue weighted by molar-refractivity contribution is 0.505. The van der Waals surface area contributed by atoms with Crippen LogP contribution in [0.1, 0.15) is 26.7 Å². The normalized spacial score (nSPS) is 16.1. The Morgan fingerprint density at radius 1 is 1.14 bits per heavy atom. The summed E-state index contributed by atoms with van der Waals surface area (Å²) in [6.07, 6.45) is 2.74. The standard InChI is InChI=1S/C19H26N2/c1-3-21(14-15(2)13-20-17-11-12-17)19-10-6-8-16-7-4-5-9-18(16)19/h4-10,15,17,20H,3,11-14H2,1-2H3. The molecule has 0 aromatic heterocycles. The van der Waals surface area contributed by atoms with Gasteiger partial charge in [-0.1, -0.05) is 43.3 Å². The van der Waals surface area contributed by atoms with Crippen LogP contribution in [0, 0.1) is 5.92 Å². The summed E-state index contributed by atoms with van der Waals surface area (Å²) in [6, 6.07) is 16.1. The highest BCUT2D eigenvalue weighted by Crippen LogP contribution is 2.27. The number of nitrogens with one attached hydrogen (secondary N) is 1. The maximum absolute atomic E-state index is 3.65. The van der Waals surface area contributed by atoms with Gasteiger partial charge in [-0.3, -0.25) is 0 Å². The zero-order valence-electron chi connectivity index (χ0n) is 13.2. The number of fused-ring (bicyclic) bond motifs is 1. The summed E-state index contributed by atoms with van der Waals surface area (Å²) in [5, 5.41) is 6.34. The second kappa shape index (κ2) is 6.48. The van der Waals surface area contributed by atoms with E-state index in [2.05, 4.69) is 66.5 Å². The summed E-state index contributed by atoms with van der Waals surface area (Å²) < 4.78 is 0. The zero-order valence-corrected chi connectivity index (χ0v) is 13.2. The van der Waals surface area contributed by atoms with Gasteiger partial charge in [-0.25, -0.2) is 0 Å². The van der Waals surface area contributed by atoms with Gasteiger partial charge in [0.15, 0.2) is 0 Å². The van der Waals surface area contributed by atoms with Crippen molar-refractivity contribution in [1.82, 2.24) is 5.32 Å². The van der Waals surface area contributed by atoms with Gasteiger partial charge in [-0.05, 0) is 43.7 Å². The van der Waals surface area contributed by atoms with Gasteiger partial charge < -0.3 is 10.2 Å². The molecule has 2 aromatic rings. The van der Waals surface area contributed by atoms with Crippen LogP contribution in [0.25, 0.3) is 10.8 Å². The number of nitrogens with zero attached hydrogens (tertiary/aromatic N) is 1. The van der Waals surface area contributed by atoms with Crippen LogP contribution in [0.3, 0.4) is 0 Å². The Morgan fingerprint density at radius 2 is 1.90 bits per heavy atom. The molecule has 1 saturated carbocycles. The Hall–Kier alpha value is -1.54. The smallest absolute Gasteiger partial charge is 0.0445 e. The molecule has 2 heteroatoms. The molecule has 0 saturated heterocycles. The predicted octanol–water partition coefficient (Wildman–Crippen LogP) is 4.05. The minimum atomic E-state index is 0.671. The lowest BCUT2D eigenvalue weighted by atomic mass is 10.1. The Balaban J connectivity index is 1.74. The fourth-order valence-corrected chi connectivity index (χ4v) is 2.98. The molecule has 1 N–H and O–H groups in total. The van der Waals surface area contributed by atoms with Crippen LogP contribution in [-0.4, -0.2) is 25.7 Å². The van der Waals surface area contributed by atoms with E-state index < -0.39 is 0 Å². The molecule has 2 aromatic carbocycles. The molecule has 112 valence electrons. The third-order valence-corrected chi connectivity index (χ3v) is 4.35. The maximum Gasteiger partial charge on any atom is 0.0445 e. The summed E-state index contributed by atoms with van der Waals surface area (Å²) in [4.78, 5) is 2.52. The maximum atomic E-state index is 3.65. The van der Waals surface area contributed by atoms with Crippen molar-refractivity contribution in [2.45, 2.75) is 32.7 Å². The van der Waals surface area contributed by atoms with Gasteiger partial charge in [0.2, 0.25) is 0 Å². The summed E-state index contributed by atoms with van der Waals surface area (Å²) in [7, 11) is 0. The average Bonchev–Trinajstić information content (AvgIpc) is 3.34. The second-order valence-corrected chi connectivity index (χ2v) is 6.32. The van der Waals surface area contributed by atoms with E-state index in [9.17, 15) is 0 Å². The van der Waals surface area contributed by atoms with Gasteiger partial charge in [-0.2, -0.15) is 0 Å². The Morgan fingerprint density at radius 3 is 2.67 bits per heavy atom. The first-order chi connectivity index (χ1) is 10.3. The van der Waals surface area contributed by atoms with E-state index >= 15 is 0 Å². The van der Waals surface area contributed by atoms with Crippen molar-refractivity contribution in [2.75, 3.05) is 24.5 Å². The van der Waals surface area contributed by atoms with Gasteiger partial charge in [-0.15, -0.1) is 0 Å². The van der Waals surface area contributed by atoms with Gasteiger partial charge in [0.1, 0.15) is 0 Å². The number of hydrogen-bond donors (Lipinski definition) is 1. The van der Waals surface area contributed by atoms with Crippen LogP contribution in [0.15, 0.2) is 42.5 Å². The fourth-order valence-electron chi connectivity index (χ4n) is 2.98. The molecule has 0 spiro atoms. The SMILES string of the molecule is CCN(CC(C)CNC1CC1)c1cccc2ccccc12. The lowest BCUT2D eigenvalue weighted by Gasteiger charge is -2.28. The van der Waals surface area contributed by atoms with Crippen molar-refractivity contribution < 1.29 is 0 Å². The summed E-state index contributed by atoms with van der Waals surface area (Å²) >= 11 is 0. The molecule has 1 unspecified atom stereocenters. The van der Waals surface area contributed by atoms with E-state index in [1.807, 2.05) is 0 Å². The van der Waals surface area contributed by atoms with Crippen molar-refractivity contribution in [3.05, 3.63) is 42.5 Å². The molecule has 2 nitrogen and oxygen atoms in total. The highest BCUT2D eigenvalue weighted by molar-refractivity contribution is 5.94. The quantitative estimate of drug-likeness (QED) is 0.824. The van der Waals surface area contributed by atoms with E-state index in [4.69, 9.17) is 0 Å². The third-order valence-electron chi connectivity index (χ3n) is 4.35. The van der Waals surface area contributed by atoms with Crippen molar-refractivity contribution >= 4 is 16.5 Å². The molecule has 1 fully saturated rings. The molecule has 0 heterocycles. The van der Waals surface area contributed by atoms with Crippen LogP contribution >= 0.6 is 0 Å². The molecule has 1 aliphatic carbocycles. The first kappa shape index (κ1) is 14.4. The first-order valence-corrected chi connectivity index (χ1v) is 8.24. The molecule has 21 heavy (non-hydrogen) atoms. The number of hydrogen-bond acceptors (Lipinski definition) is 2. The monoisotopic (exact) mass is 282 g/mol. The Kier molecular flexibility index (Phi) is 4.45. The summed E-state index contributed by atoms with van der Waals surface area (Å²) in [5.41, 5.74) is 1.37. The Labute approximate surface area is 128 Å². The van der Waals surface area contributed by atoms with Crippen LogP contribution in [0.4, 0.5) is 5.69 Å². The minimum absolute atomic E-state index is 0.671. The molecule has 0 amide bonds. The number of benzene rings is 2. The highest BCUT2D eigenvalue weighted by Gasteiger charge is 2.21. The van der Waals surface area contributed by atoms with Crippen LogP contribution < -0.4 is 10.2 Å². The fraction of sp³-hybridized carbons (Fsp3) is 0.474. The van der Waals surface area contributed by atoms with Crippen molar-refractivity contribution in [1.29, 1.82) is 0 Å². The number of rotatable bonds is 7. The zero-order chi connectivity index (χ0) is 14.7. The largest absolute Gasteiger partial charge is 0.371 e. The van der Waals surface area contributed by atoms with Gasteiger partial charge >= 0.3 is 0 Å². The average molecular weight is 282 g/mol. The minimum Gasteiger partial charge on any atom is -0.371 e. The third kappa shape index (κ3) is 3.56. The molecule has 3 rings (SSSR count). The molecule has 0 aliphatic heterocycles. The molecule has 0 bridgehead atoms. The Bertz CT molecular complexity index is 584. The van der Waals surface area contributed by atoms with E-state index in [0.29, 0.717) is 5.92 Å². The molecule has 1 aliphatic rings. The summed E-state index contributed by atoms with van der Waals surface area (Å²) in [5.74, 6) is 0.671. The molecule has 0 radical (unpaired) electrons. The van der Waals surface area contributed by atoms with Crippen LogP contribution in [0.5, 0.6) is 0 Å². The highest BCUT2D eigenvalue weighted by atomic mass is 15.1. The van der Waals surface area contributed by atoms with Crippen LogP contribution in [0.2, 0.25) is 0 Å². The summed E-state index contributed by atoms with van der Waals surface area (Å²) in [6.45, 7) is 7.91. The van der Waals surface area contributed by atoms with Gasteiger partial charge in [0.05, 0.1) is 0 Å². The van der Waals surface area contributed by atoms with Crippen molar-refractivity contribution in [2.24, 2.45) is 5.92 Å². The molecule has 1 atom stereocenters. The van der Waals surface area contributed by atoms with Gasteiger partial charge in [0.25, 0.3) is 0 Å². The van der Waals surface area contributed by atoms with E-state index in [1.54, 1.807) is 0 Å². The number of anilines is 1. The molecular weight excluding hydrogens is 256 g/mol.